The molecule has 1 unspecified atom stereocenters. The van der Waals surface area contributed by atoms with E-state index in [2.05, 4.69) is 19.9 Å². The molecule has 26 heavy (non-hydrogen) atoms. The lowest BCUT2D eigenvalue weighted by molar-refractivity contribution is -0.0819. The number of methoxy groups -OCH3 is 1. The molecular formula is C21H32N2O3. The summed E-state index contributed by atoms with van der Waals surface area (Å²) in [5.41, 5.74) is 2.83. The Labute approximate surface area is 157 Å². The van der Waals surface area contributed by atoms with Gasteiger partial charge in [-0.1, -0.05) is 0 Å². The van der Waals surface area contributed by atoms with E-state index < -0.39 is 5.60 Å². The van der Waals surface area contributed by atoms with Gasteiger partial charge in [-0.25, -0.2) is 4.79 Å². The Kier molecular flexibility index (Phi) is 5.04. The standard InChI is InChI=1S/C21H32N2O3/c1-14-9-11-22-18(16-7-8-16)17(14)21(25-6)10-12-23(15(2)13-21)19(24)26-20(3,4)5/h9,11,15-16H,7-8,10,12-13H2,1-6H3/t15-,21?/m1/s1. The number of amides is 1. The van der Waals surface area contributed by atoms with Crippen LogP contribution in [0.5, 0.6) is 0 Å². The lowest BCUT2D eigenvalue weighted by Crippen LogP contribution is -2.52. The fourth-order valence-corrected chi connectivity index (χ4v) is 4.16. The summed E-state index contributed by atoms with van der Waals surface area (Å²) in [6.45, 7) is 10.6. The van der Waals surface area contributed by atoms with Crippen molar-refractivity contribution in [2.75, 3.05) is 13.7 Å². The maximum absolute atomic E-state index is 12.6. The van der Waals surface area contributed by atoms with Gasteiger partial charge < -0.3 is 14.4 Å². The third-order valence-electron chi connectivity index (χ3n) is 5.54. The molecule has 0 spiro atoms. The first-order valence-corrected chi connectivity index (χ1v) is 9.67. The Hall–Kier alpha value is -1.62. The number of nitrogens with zero attached hydrogens (tertiary/aromatic N) is 2. The topological polar surface area (TPSA) is 51.7 Å². The van der Waals surface area contributed by atoms with Gasteiger partial charge in [-0.3, -0.25) is 4.98 Å². The molecule has 2 heterocycles. The molecule has 2 atom stereocenters. The molecule has 1 aliphatic carbocycles. The Morgan fingerprint density at radius 1 is 1.35 bits per heavy atom. The Morgan fingerprint density at radius 3 is 2.58 bits per heavy atom. The zero-order valence-corrected chi connectivity index (χ0v) is 17.0. The number of hydrogen-bond acceptors (Lipinski definition) is 4. The summed E-state index contributed by atoms with van der Waals surface area (Å²) in [7, 11) is 1.79. The van der Waals surface area contributed by atoms with Crippen LogP contribution in [0, 0.1) is 6.92 Å². The third kappa shape index (κ3) is 3.73. The average molecular weight is 360 g/mol. The number of aromatic nitrogens is 1. The van der Waals surface area contributed by atoms with Crippen LogP contribution in [-0.2, 0) is 15.1 Å². The second-order valence-electron chi connectivity index (χ2n) is 8.84. The zero-order valence-electron chi connectivity index (χ0n) is 17.0. The smallest absolute Gasteiger partial charge is 0.410 e. The monoisotopic (exact) mass is 360 g/mol. The molecule has 1 saturated carbocycles. The van der Waals surface area contributed by atoms with E-state index in [0.717, 1.165) is 12.8 Å². The Morgan fingerprint density at radius 2 is 2.04 bits per heavy atom. The van der Waals surface area contributed by atoms with E-state index in [0.29, 0.717) is 12.5 Å². The van der Waals surface area contributed by atoms with Crippen LogP contribution in [0.1, 0.15) is 76.1 Å². The van der Waals surface area contributed by atoms with E-state index in [4.69, 9.17) is 14.5 Å². The van der Waals surface area contributed by atoms with Crippen molar-refractivity contribution >= 4 is 6.09 Å². The molecule has 0 radical (unpaired) electrons. The number of likely N-dealkylation sites (tertiary alicyclic amines) is 1. The van der Waals surface area contributed by atoms with Crippen LogP contribution in [0.2, 0.25) is 0 Å². The number of aryl methyl sites for hydroxylation is 1. The number of pyridine rings is 1. The molecule has 0 bridgehead atoms. The minimum absolute atomic E-state index is 0.0465. The number of rotatable bonds is 3. The molecule has 3 rings (SSSR count). The first-order valence-electron chi connectivity index (χ1n) is 9.67. The molecule has 144 valence electrons. The summed E-state index contributed by atoms with van der Waals surface area (Å²) < 4.78 is 11.7. The highest BCUT2D eigenvalue weighted by atomic mass is 16.6. The van der Waals surface area contributed by atoms with Gasteiger partial charge in [0.1, 0.15) is 5.60 Å². The van der Waals surface area contributed by atoms with Crippen LogP contribution >= 0.6 is 0 Å². The number of carbonyl (C=O) groups excluding carboxylic acids is 1. The highest BCUT2D eigenvalue weighted by molar-refractivity contribution is 5.68. The zero-order chi connectivity index (χ0) is 19.1. The second kappa shape index (κ2) is 6.84. The molecule has 0 N–H and O–H groups in total. The summed E-state index contributed by atoms with van der Waals surface area (Å²) in [5.74, 6) is 0.566. The summed E-state index contributed by atoms with van der Waals surface area (Å²) in [5, 5.41) is 0. The van der Waals surface area contributed by atoms with Crippen LogP contribution in [-0.4, -0.2) is 41.3 Å². The predicted octanol–water partition coefficient (Wildman–Crippen LogP) is 4.53. The van der Waals surface area contributed by atoms with Crippen molar-refractivity contribution in [2.24, 2.45) is 0 Å². The van der Waals surface area contributed by atoms with Gasteiger partial charge >= 0.3 is 6.09 Å². The van der Waals surface area contributed by atoms with Crippen molar-refractivity contribution < 1.29 is 14.3 Å². The van der Waals surface area contributed by atoms with Gasteiger partial charge in [0.25, 0.3) is 0 Å². The Bertz CT molecular complexity index is 678. The van der Waals surface area contributed by atoms with E-state index >= 15 is 0 Å². The SMILES string of the molecule is COC1(c2c(C)ccnc2C2CC2)CCN(C(=O)OC(C)(C)C)[C@H](C)C1. The van der Waals surface area contributed by atoms with Crippen LogP contribution in [0.15, 0.2) is 12.3 Å². The Balaban J connectivity index is 1.86. The fraction of sp³-hybridized carbons (Fsp3) is 0.714. The predicted molar refractivity (Wildman–Crippen MR) is 101 cm³/mol. The van der Waals surface area contributed by atoms with Crippen molar-refractivity contribution in [1.82, 2.24) is 9.88 Å². The van der Waals surface area contributed by atoms with E-state index in [1.807, 2.05) is 31.9 Å². The van der Waals surface area contributed by atoms with Crippen molar-refractivity contribution in [3.05, 3.63) is 29.1 Å². The van der Waals surface area contributed by atoms with Gasteiger partial charge in [-0.05, 0) is 65.5 Å². The average Bonchev–Trinajstić information content (AvgIpc) is 3.37. The van der Waals surface area contributed by atoms with Crippen molar-refractivity contribution in [3.63, 3.8) is 0 Å². The van der Waals surface area contributed by atoms with Crippen molar-refractivity contribution in [1.29, 1.82) is 0 Å². The number of carbonyl (C=O) groups is 1. The molecule has 2 aliphatic rings. The minimum Gasteiger partial charge on any atom is -0.444 e. The first-order chi connectivity index (χ1) is 12.2. The van der Waals surface area contributed by atoms with Gasteiger partial charge in [-0.2, -0.15) is 0 Å². The number of ether oxygens (including phenoxy) is 2. The summed E-state index contributed by atoms with van der Waals surface area (Å²) in [6.07, 6.45) is 5.62. The molecular weight excluding hydrogens is 328 g/mol. The van der Waals surface area contributed by atoms with Gasteiger partial charge in [0.15, 0.2) is 0 Å². The molecule has 1 aromatic heterocycles. The maximum atomic E-state index is 12.6. The van der Waals surface area contributed by atoms with Gasteiger partial charge in [0.05, 0.1) is 5.60 Å². The molecule has 1 amide bonds. The molecule has 1 aliphatic heterocycles. The maximum Gasteiger partial charge on any atom is 0.410 e. The van der Waals surface area contributed by atoms with E-state index in [9.17, 15) is 4.79 Å². The highest BCUT2D eigenvalue weighted by Gasteiger charge is 2.46. The van der Waals surface area contributed by atoms with E-state index in [1.165, 1.54) is 29.7 Å². The van der Waals surface area contributed by atoms with E-state index in [-0.39, 0.29) is 17.7 Å². The van der Waals surface area contributed by atoms with E-state index in [1.54, 1.807) is 7.11 Å². The second-order valence-corrected chi connectivity index (χ2v) is 8.84. The van der Waals surface area contributed by atoms with Crippen molar-refractivity contribution in [3.8, 4) is 0 Å². The molecule has 2 fully saturated rings. The highest BCUT2D eigenvalue weighted by Crippen LogP contribution is 2.48. The summed E-state index contributed by atoms with van der Waals surface area (Å²) >= 11 is 0. The number of piperidine rings is 1. The molecule has 0 aromatic carbocycles. The van der Waals surface area contributed by atoms with Crippen LogP contribution in [0.4, 0.5) is 4.79 Å². The molecule has 1 saturated heterocycles. The van der Waals surface area contributed by atoms with Crippen LogP contribution in [0.25, 0.3) is 0 Å². The lowest BCUT2D eigenvalue weighted by Gasteiger charge is -2.46. The van der Waals surface area contributed by atoms with Crippen LogP contribution in [0.3, 0.4) is 0 Å². The number of hydrogen-bond donors (Lipinski definition) is 0. The lowest BCUT2D eigenvalue weighted by atomic mass is 9.77. The summed E-state index contributed by atoms with van der Waals surface area (Å²) in [4.78, 5) is 19.1. The normalized spacial score (nSPS) is 26.7. The first kappa shape index (κ1) is 19.2. The molecule has 1 aromatic rings. The van der Waals surface area contributed by atoms with Crippen LogP contribution < -0.4 is 0 Å². The third-order valence-corrected chi connectivity index (χ3v) is 5.54. The van der Waals surface area contributed by atoms with Gasteiger partial charge in [0, 0.05) is 49.5 Å². The molecule has 5 nitrogen and oxygen atoms in total. The van der Waals surface area contributed by atoms with Gasteiger partial charge in [-0.15, -0.1) is 0 Å². The fourth-order valence-electron chi connectivity index (χ4n) is 4.16. The van der Waals surface area contributed by atoms with Gasteiger partial charge in [0.2, 0.25) is 0 Å². The largest absolute Gasteiger partial charge is 0.444 e. The quantitative estimate of drug-likeness (QED) is 0.795. The van der Waals surface area contributed by atoms with Crippen molar-refractivity contribution in [2.45, 2.75) is 83.5 Å². The minimum atomic E-state index is -0.480. The molecule has 5 heteroatoms. The summed E-state index contributed by atoms with van der Waals surface area (Å²) in [6, 6.07) is 2.12.